The molecule has 0 unspecified atom stereocenters. The van der Waals surface area contributed by atoms with Gasteiger partial charge in [0.15, 0.2) is 0 Å². The minimum atomic E-state index is -0.433. The van der Waals surface area contributed by atoms with Gasteiger partial charge in [-0.05, 0) is 61.6 Å². The average Bonchev–Trinajstić information content (AvgIpc) is 3.51. The molecule has 3 N–H and O–H groups in total. The zero-order valence-corrected chi connectivity index (χ0v) is 16.8. The van der Waals surface area contributed by atoms with E-state index in [1.54, 1.807) is 18.2 Å². The third-order valence-corrected chi connectivity index (χ3v) is 4.83. The molecule has 0 heterocycles. The third-order valence-electron chi connectivity index (χ3n) is 4.83. The molecule has 1 saturated carbocycles. The van der Waals surface area contributed by atoms with Crippen LogP contribution in [0.3, 0.4) is 0 Å². The van der Waals surface area contributed by atoms with Crippen LogP contribution in [0, 0.1) is 19.8 Å². The summed E-state index contributed by atoms with van der Waals surface area (Å²) in [6, 6.07) is 12.9. The van der Waals surface area contributed by atoms with Crippen LogP contribution in [0.1, 0.15) is 36.5 Å². The van der Waals surface area contributed by atoms with Crippen LogP contribution < -0.4 is 16.0 Å². The minimum Gasteiger partial charge on any atom is -0.326 e. The largest absolute Gasteiger partial charge is 0.326 e. The second kappa shape index (κ2) is 8.73. The lowest BCUT2D eigenvalue weighted by Gasteiger charge is -2.15. The van der Waals surface area contributed by atoms with Gasteiger partial charge in [-0.3, -0.25) is 14.4 Å². The summed E-state index contributed by atoms with van der Waals surface area (Å²) in [6.07, 6.45) is 3.50. The van der Waals surface area contributed by atoms with Crippen LogP contribution >= 0.6 is 0 Å². The Morgan fingerprint density at radius 1 is 0.931 bits per heavy atom. The third kappa shape index (κ3) is 5.31. The molecule has 1 aliphatic carbocycles. The van der Waals surface area contributed by atoms with E-state index >= 15 is 0 Å². The second-order valence-electron chi connectivity index (χ2n) is 7.29. The molecule has 6 nitrogen and oxygen atoms in total. The van der Waals surface area contributed by atoms with Gasteiger partial charge in [0.05, 0.1) is 0 Å². The summed E-state index contributed by atoms with van der Waals surface area (Å²) in [7, 11) is 0. The highest BCUT2D eigenvalue weighted by Crippen LogP contribution is 2.31. The predicted octanol–water partition coefficient (Wildman–Crippen LogP) is 3.77. The molecule has 2 aromatic rings. The van der Waals surface area contributed by atoms with Crippen LogP contribution in [0.25, 0.3) is 6.08 Å². The zero-order chi connectivity index (χ0) is 21.0. The maximum Gasteiger partial charge on any atom is 0.272 e. The molecule has 2 aromatic carbocycles. The molecule has 3 rings (SSSR count). The Morgan fingerprint density at radius 3 is 2.21 bits per heavy atom. The standard InChI is InChI=1S/C23H25N3O3/c1-14-7-4-5-8-18(14)13-21(24-16(3)27)23(29)26-20-10-6-9-19(15(20)2)25-22(28)17-11-12-17/h4-10,13,17H,11-12H2,1-3H3,(H,24,27)(H,25,28)(H,26,29)/b21-13-. The molecule has 6 heteroatoms. The number of anilines is 2. The molecule has 0 spiro atoms. The molecule has 0 radical (unpaired) electrons. The lowest BCUT2D eigenvalue weighted by Crippen LogP contribution is -2.29. The Morgan fingerprint density at radius 2 is 1.59 bits per heavy atom. The second-order valence-corrected chi connectivity index (χ2v) is 7.29. The van der Waals surface area contributed by atoms with Crippen LogP contribution in [0.5, 0.6) is 0 Å². The molecular formula is C23H25N3O3. The van der Waals surface area contributed by atoms with Gasteiger partial charge in [0.1, 0.15) is 5.70 Å². The van der Waals surface area contributed by atoms with Crippen molar-refractivity contribution in [2.45, 2.75) is 33.6 Å². The fraction of sp³-hybridized carbons (Fsp3) is 0.261. The summed E-state index contributed by atoms with van der Waals surface area (Å²) in [5, 5.41) is 8.37. The highest BCUT2D eigenvalue weighted by Gasteiger charge is 2.30. The molecule has 0 bridgehead atoms. The smallest absolute Gasteiger partial charge is 0.272 e. The number of rotatable bonds is 6. The summed E-state index contributed by atoms with van der Waals surface area (Å²) in [6.45, 7) is 5.13. The van der Waals surface area contributed by atoms with E-state index in [4.69, 9.17) is 0 Å². The van der Waals surface area contributed by atoms with Crippen molar-refractivity contribution in [1.29, 1.82) is 0 Å². The summed E-state index contributed by atoms with van der Waals surface area (Å²) >= 11 is 0. The fourth-order valence-electron chi connectivity index (χ4n) is 2.93. The van der Waals surface area contributed by atoms with E-state index < -0.39 is 5.91 Å². The molecule has 150 valence electrons. The SMILES string of the molecule is CC(=O)N/C(=C\c1ccccc1C)C(=O)Nc1cccc(NC(=O)C2CC2)c1C. The molecule has 1 aliphatic rings. The van der Waals surface area contributed by atoms with E-state index in [0.29, 0.717) is 11.4 Å². The number of hydrogen-bond acceptors (Lipinski definition) is 3. The van der Waals surface area contributed by atoms with Gasteiger partial charge in [-0.2, -0.15) is 0 Å². The molecular weight excluding hydrogens is 366 g/mol. The number of amides is 3. The first kappa shape index (κ1) is 20.3. The number of nitrogens with one attached hydrogen (secondary N) is 3. The lowest BCUT2D eigenvalue weighted by molar-refractivity contribution is -0.120. The quantitative estimate of drug-likeness (QED) is 0.655. The van der Waals surface area contributed by atoms with E-state index in [1.165, 1.54) is 6.92 Å². The summed E-state index contributed by atoms with van der Waals surface area (Å²) in [4.78, 5) is 36.6. The minimum absolute atomic E-state index is 0.00922. The van der Waals surface area contributed by atoms with Crippen molar-refractivity contribution in [2.24, 2.45) is 5.92 Å². The Labute approximate surface area is 170 Å². The van der Waals surface area contributed by atoms with Crippen molar-refractivity contribution < 1.29 is 14.4 Å². The van der Waals surface area contributed by atoms with E-state index in [-0.39, 0.29) is 23.4 Å². The zero-order valence-electron chi connectivity index (χ0n) is 16.8. The fourth-order valence-corrected chi connectivity index (χ4v) is 2.93. The van der Waals surface area contributed by atoms with Crippen LogP contribution in [0.15, 0.2) is 48.2 Å². The molecule has 0 aliphatic heterocycles. The number of aryl methyl sites for hydroxylation is 1. The van der Waals surface area contributed by atoms with Crippen LogP contribution in [-0.4, -0.2) is 17.7 Å². The predicted molar refractivity (Wildman–Crippen MR) is 114 cm³/mol. The summed E-state index contributed by atoms with van der Waals surface area (Å²) in [5.41, 5.74) is 3.98. The first-order valence-corrected chi connectivity index (χ1v) is 9.62. The van der Waals surface area contributed by atoms with Crippen LogP contribution in [0.2, 0.25) is 0 Å². The molecule has 0 aromatic heterocycles. The van der Waals surface area contributed by atoms with Crippen LogP contribution in [0.4, 0.5) is 11.4 Å². The van der Waals surface area contributed by atoms with E-state index in [0.717, 1.165) is 29.5 Å². The maximum absolute atomic E-state index is 12.9. The van der Waals surface area contributed by atoms with Crippen molar-refractivity contribution >= 4 is 35.2 Å². The first-order chi connectivity index (χ1) is 13.8. The molecule has 3 amide bonds. The Bertz CT molecular complexity index is 991. The van der Waals surface area contributed by atoms with Crippen molar-refractivity contribution in [3.8, 4) is 0 Å². The summed E-state index contributed by atoms with van der Waals surface area (Å²) in [5.74, 6) is -0.662. The number of benzene rings is 2. The van der Waals surface area contributed by atoms with Gasteiger partial charge in [0.2, 0.25) is 11.8 Å². The Hall–Kier alpha value is -3.41. The molecule has 0 saturated heterocycles. The topological polar surface area (TPSA) is 87.3 Å². The monoisotopic (exact) mass is 391 g/mol. The molecule has 29 heavy (non-hydrogen) atoms. The summed E-state index contributed by atoms with van der Waals surface area (Å²) < 4.78 is 0. The van der Waals surface area contributed by atoms with E-state index in [2.05, 4.69) is 16.0 Å². The van der Waals surface area contributed by atoms with Gasteiger partial charge >= 0.3 is 0 Å². The van der Waals surface area contributed by atoms with Gasteiger partial charge in [0, 0.05) is 24.2 Å². The van der Waals surface area contributed by atoms with Gasteiger partial charge in [0.25, 0.3) is 5.91 Å². The molecule has 0 atom stereocenters. The average molecular weight is 391 g/mol. The van der Waals surface area contributed by atoms with Crippen molar-refractivity contribution in [3.05, 3.63) is 64.9 Å². The van der Waals surface area contributed by atoms with E-state index in [1.807, 2.05) is 44.2 Å². The van der Waals surface area contributed by atoms with Crippen molar-refractivity contribution in [2.75, 3.05) is 10.6 Å². The van der Waals surface area contributed by atoms with Gasteiger partial charge < -0.3 is 16.0 Å². The highest BCUT2D eigenvalue weighted by atomic mass is 16.2. The maximum atomic E-state index is 12.9. The van der Waals surface area contributed by atoms with Crippen molar-refractivity contribution in [3.63, 3.8) is 0 Å². The van der Waals surface area contributed by atoms with Gasteiger partial charge in [-0.1, -0.05) is 30.3 Å². The Balaban J connectivity index is 1.83. The van der Waals surface area contributed by atoms with Gasteiger partial charge in [-0.25, -0.2) is 0 Å². The number of carbonyl (C=O) groups is 3. The number of hydrogen-bond donors (Lipinski definition) is 3. The first-order valence-electron chi connectivity index (χ1n) is 9.62. The normalized spacial score (nSPS) is 13.6. The lowest BCUT2D eigenvalue weighted by atomic mass is 10.1. The number of carbonyl (C=O) groups excluding carboxylic acids is 3. The highest BCUT2D eigenvalue weighted by molar-refractivity contribution is 6.09. The van der Waals surface area contributed by atoms with Gasteiger partial charge in [-0.15, -0.1) is 0 Å². The molecule has 1 fully saturated rings. The van der Waals surface area contributed by atoms with Crippen LogP contribution in [-0.2, 0) is 14.4 Å². The Kier molecular flexibility index (Phi) is 6.12. The van der Waals surface area contributed by atoms with Crippen molar-refractivity contribution in [1.82, 2.24) is 5.32 Å². The van der Waals surface area contributed by atoms with E-state index in [9.17, 15) is 14.4 Å².